The number of carbonyl (C=O) groups excluding carboxylic acids is 1. The van der Waals surface area contributed by atoms with E-state index in [0.29, 0.717) is 0 Å². The Hall–Kier alpha value is -4.44. The van der Waals surface area contributed by atoms with E-state index in [9.17, 15) is 9.90 Å². The maximum Gasteiger partial charge on any atom is 0.162 e. The summed E-state index contributed by atoms with van der Waals surface area (Å²) in [5.74, 6) is 0.366. The molecule has 6 rings (SSSR count). The van der Waals surface area contributed by atoms with Crippen molar-refractivity contribution in [3.63, 3.8) is 0 Å². The van der Waals surface area contributed by atoms with Gasteiger partial charge < -0.3 is 15.1 Å². The Labute approximate surface area is 375 Å². The smallest absolute Gasteiger partial charge is 0.162 e. The Kier molecular flexibility index (Phi) is 15.3. The Morgan fingerprint density at radius 3 is 1.44 bits per heavy atom. The summed E-state index contributed by atoms with van der Waals surface area (Å²) in [5.41, 5.74) is 7.60. The number of fused-ring (bicyclic) bond motifs is 2. The zero-order valence-corrected chi connectivity index (χ0v) is 39.9. The molecule has 2 heterocycles. The van der Waals surface area contributed by atoms with Crippen LogP contribution in [0.3, 0.4) is 0 Å². The number of rotatable bonds is 9. The maximum absolute atomic E-state index is 11.9. The van der Waals surface area contributed by atoms with Crippen molar-refractivity contribution >= 4 is 27.3 Å². The van der Waals surface area contributed by atoms with Crippen LogP contribution in [0.1, 0.15) is 130 Å². The van der Waals surface area contributed by atoms with E-state index in [1.807, 2.05) is 97.0 Å². The molecule has 4 aromatic carbocycles. The second kappa shape index (κ2) is 21.2. The van der Waals surface area contributed by atoms with Gasteiger partial charge in [-0.1, -0.05) is 139 Å². The zero-order valence-electron chi connectivity index (χ0n) is 41.5. The number of benzene rings is 4. The van der Waals surface area contributed by atoms with Crippen LogP contribution in [0.25, 0.3) is 44.1 Å². The summed E-state index contributed by atoms with van der Waals surface area (Å²) in [4.78, 5) is 20.6. The largest absolute Gasteiger partial charge is 0.512 e. The molecule has 2 aromatic heterocycles. The molecule has 6 aromatic rings. The van der Waals surface area contributed by atoms with Gasteiger partial charge in [-0.25, -0.2) is 0 Å². The fourth-order valence-electron chi connectivity index (χ4n) is 6.70. The van der Waals surface area contributed by atoms with Crippen LogP contribution < -0.4 is 0 Å². The number of aromatic nitrogens is 2. The van der Waals surface area contributed by atoms with Crippen LogP contribution >= 0.6 is 0 Å². The summed E-state index contributed by atoms with van der Waals surface area (Å²) in [6, 6.07) is 30.9. The third-order valence-electron chi connectivity index (χ3n) is 11.2. The number of aliphatic hydroxyl groups excluding tert-OH is 1. The molecule has 0 fully saturated rings. The van der Waals surface area contributed by atoms with Gasteiger partial charge in [-0.05, 0) is 81.5 Å². The van der Waals surface area contributed by atoms with Crippen molar-refractivity contribution < 1.29 is 35.5 Å². The number of allylic oxidation sites excluding steroid dienone is 2. The van der Waals surface area contributed by atoms with Gasteiger partial charge in [0, 0.05) is 49.9 Å². The number of carbonyl (C=O) groups is 1. The van der Waals surface area contributed by atoms with Crippen molar-refractivity contribution in [2.45, 2.75) is 127 Å². The van der Waals surface area contributed by atoms with Crippen LogP contribution in [0, 0.1) is 37.3 Å². The molecular formula is C54H66IrN2O2-2. The van der Waals surface area contributed by atoms with Crippen molar-refractivity contribution in [1.29, 1.82) is 0 Å². The number of nitrogens with zero attached hydrogens (tertiary/aromatic N) is 2. The van der Waals surface area contributed by atoms with E-state index in [-0.39, 0.29) is 78.2 Å². The number of hydrogen-bond donors (Lipinski definition) is 1. The third-order valence-corrected chi connectivity index (χ3v) is 11.2. The molecule has 4 nitrogen and oxygen atoms in total. The van der Waals surface area contributed by atoms with E-state index in [4.69, 9.17) is 5.48 Å². The van der Waals surface area contributed by atoms with Crippen LogP contribution in [0.2, 0.25) is 0 Å². The Morgan fingerprint density at radius 2 is 1.08 bits per heavy atom. The van der Waals surface area contributed by atoms with E-state index < -0.39 is 0 Å². The average Bonchev–Trinajstić information content (AvgIpc) is 3.23. The van der Waals surface area contributed by atoms with Gasteiger partial charge >= 0.3 is 0 Å². The van der Waals surface area contributed by atoms with Crippen molar-refractivity contribution in [3.8, 4) is 22.5 Å². The zero-order chi connectivity index (χ0) is 46.3. The Bertz CT molecular complexity index is 2410. The number of ketones is 1. The normalized spacial score (nSPS) is 12.9. The van der Waals surface area contributed by atoms with Crippen molar-refractivity contribution in [3.05, 3.63) is 143 Å². The molecule has 0 atom stereocenters. The molecule has 0 spiro atoms. The van der Waals surface area contributed by atoms with E-state index in [1.165, 1.54) is 17.2 Å². The monoisotopic (exact) mass is 972 g/mol. The molecule has 1 N–H and O–H groups in total. The third kappa shape index (κ3) is 12.8. The minimum Gasteiger partial charge on any atom is -0.512 e. The molecule has 0 aliphatic carbocycles. The predicted octanol–water partition coefficient (Wildman–Crippen LogP) is 14.9. The molecule has 0 aliphatic heterocycles. The van der Waals surface area contributed by atoms with E-state index in [1.54, 1.807) is 0 Å². The van der Waals surface area contributed by atoms with Crippen LogP contribution in [-0.2, 0) is 35.7 Å². The fourth-order valence-corrected chi connectivity index (χ4v) is 6.70. The molecule has 1 radical (unpaired) electrons. The summed E-state index contributed by atoms with van der Waals surface area (Å²) in [6.07, 6.45) is 4.84. The van der Waals surface area contributed by atoms with Crippen LogP contribution in [-0.4, -0.2) is 20.9 Å². The number of pyridine rings is 2. The first-order valence-electron chi connectivity index (χ1n) is 22.8. The molecule has 0 saturated heterocycles. The van der Waals surface area contributed by atoms with Gasteiger partial charge in [-0.2, -0.15) is 0 Å². The van der Waals surface area contributed by atoms with Gasteiger partial charge in [0.05, 0.1) is 5.48 Å². The Morgan fingerprint density at radius 1 is 0.695 bits per heavy atom. The average molecular weight is 971 g/mol. The molecular weight excluding hydrogens is 901 g/mol. The van der Waals surface area contributed by atoms with Gasteiger partial charge in [0.25, 0.3) is 0 Å². The summed E-state index contributed by atoms with van der Waals surface area (Å²) >= 11 is 0. The van der Waals surface area contributed by atoms with Crippen LogP contribution in [0.15, 0.2) is 109 Å². The number of aryl methyl sites for hydroxylation is 2. The van der Waals surface area contributed by atoms with Crippen LogP contribution in [0.5, 0.6) is 0 Å². The van der Waals surface area contributed by atoms with Gasteiger partial charge in [-0.3, -0.25) is 4.79 Å². The molecule has 0 amide bonds. The maximum atomic E-state index is 11.9. The summed E-state index contributed by atoms with van der Waals surface area (Å²) in [6.45, 7) is 27.2. The first-order valence-corrected chi connectivity index (χ1v) is 20.8. The SMILES string of the molecule is CCC(CC)C(=O)/C=C(\O)C(C)(CC)CC.[2H]c1nc(-c2[c-]c(C)cc(C(C)(C)C)c2)c2ccccc2c1[2H].[2H]c1nc(-c2[c-]c(C)cc(C(C)(C)C)c2)c2ccccc2c1[2H].[Ir]. The van der Waals surface area contributed by atoms with E-state index >= 15 is 0 Å². The number of hydrogen-bond acceptors (Lipinski definition) is 4. The summed E-state index contributed by atoms with van der Waals surface area (Å²) in [5, 5.41) is 13.3. The summed E-state index contributed by atoms with van der Waals surface area (Å²) < 4.78 is 32.2. The molecule has 0 bridgehead atoms. The molecule has 59 heavy (non-hydrogen) atoms. The first-order chi connectivity index (χ1) is 29.0. The fraction of sp³-hybridized carbons (Fsp3) is 0.389. The van der Waals surface area contributed by atoms with E-state index in [2.05, 4.69) is 87.9 Å². The topological polar surface area (TPSA) is 63.1 Å². The van der Waals surface area contributed by atoms with Crippen molar-refractivity contribution in [2.75, 3.05) is 0 Å². The predicted molar refractivity (Wildman–Crippen MR) is 247 cm³/mol. The minimum absolute atomic E-state index is 0. The first kappa shape index (κ1) is 42.7. The van der Waals surface area contributed by atoms with Crippen molar-refractivity contribution in [1.82, 2.24) is 9.97 Å². The Balaban J connectivity index is 0.000000255. The molecule has 0 aliphatic rings. The quantitative estimate of drug-likeness (QED) is 0.0891. The minimum atomic E-state index is -0.248. The molecule has 0 unspecified atom stereocenters. The molecule has 5 heteroatoms. The van der Waals surface area contributed by atoms with Gasteiger partial charge in [0.1, 0.15) is 5.76 Å². The van der Waals surface area contributed by atoms with Gasteiger partial charge in [0.15, 0.2) is 5.78 Å². The molecule has 315 valence electrons. The summed E-state index contributed by atoms with van der Waals surface area (Å²) in [7, 11) is 0. The van der Waals surface area contributed by atoms with Gasteiger partial charge in [0.2, 0.25) is 0 Å². The van der Waals surface area contributed by atoms with E-state index in [0.717, 1.165) is 80.9 Å². The number of aliphatic hydroxyl groups is 1. The standard InChI is InChI=1S/2C20H20N.C14H26O2.Ir/c2*1-14-11-16(13-17(12-14)20(2,3)4)19-18-8-6-5-7-15(18)9-10-21-19;1-6-11(7-2)12(15)10-13(16)14(5,8-3)9-4;/h2*5-10,12-13H,1-4H3;10-11,16H,6-9H2,1-5H3;/q2*-1;;/b;;13-10-;/i2*9D,10D;;. The van der Waals surface area contributed by atoms with Crippen molar-refractivity contribution in [2.24, 2.45) is 11.3 Å². The second-order valence-corrected chi connectivity index (χ2v) is 17.6. The molecule has 0 saturated carbocycles. The second-order valence-electron chi connectivity index (χ2n) is 17.6. The van der Waals surface area contributed by atoms with Gasteiger partial charge in [-0.15, -0.1) is 69.8 Å². The van der Waals surface area contributed by atoms with Crippen LogP contribution in [0.4, 0.5) is 0 Å².